The minimum atomic E-state index is 0.0552. The maximum absolute atomic E-state index is 13.0. The van der Waals surface area contributed by atoms with Crippen molar-refractivity contribution >= 4 is 11.6 Å². The van der Waals surface area contributed by atoms with E-state index >= 15 is 0 Å². The van der Waals surface area contributed by atoms with Crippen molar-refractivity contribution < 1.29 is 4.79 Å². The van der Waals surface area contributed by atoms with Crippen molar-refractivity contribution in [2.45, 2.75) is 51.0 Å². The van der Waals surface area contributed by atoms with Crippen molar-refractivity contribution in [3.05, 3.63) is 29.8 Å². The summed E-state index contributed by atoms with van der Waals surface area (Å²) < 4.78 is 0. The predicted molar refractivity (Wildman–Crippen MR) is 81.9 cm³/mol. The topological polar surface area (TPSA) is 32.3 Å². The number of benzene rings is 1. The number of rotatable bonds is 2. The summed E-state index contributed by atoms with van der Waals surface area (Å²) in [5.41, 5.74) is 2.33. The molecule has 0 spiro atoms. The molecule has 108 valence electrons. The van der Waals surface area contributed by atoms with Crippen molar-refractivity contribution in [1.82, 2.24) is 4.90 Å². The minimum absolute atomic E-state index is 0.0552. The van der Waals surface area contributed by atoms with E-state index in [4.69, 9.17) is 0 Å². The average molecular weight is 272 g/mol. The van der Waals surface area contributed by atoms with Gasteiger partial charge in [-0.1, -0.05) is 25.1 Å². The number of hydrogen-bond donors (Lipinski definition) is 1. The Morgan fingerprint density at radius 3 is 3.00 bits per heavy atom. The number of carbonyl (C=O) groups excluding carboxylic acids is 1. The lowest BCUT2D eigenvalue weighted by molar-refractivity contribution is -0.136. The highest BCUT2D eigenvalue weighted by atomic mass is 16.2. The van der Waals surface area contributed by atoms with Crippen LogP contribution in [0.5, 0.6) is 0 Å². The summed E-state index contributed by atoms with van der Waals surface area (Å²) >= 11 is 0. The van der Waals surface area contributed by atoms with Gasteiger partial charge in [-0.05, 0) is 43.7 Å². The first kappa shape index (κ1) is 13.5. The SMILES string of the molecule is CCC1CCCCN1C(=O)C1CCNc2ccccc21. The molecule has 0 saturated carbocycles. The Morgan fingerprint density at radius 2 is 2.15 bits per heavy atom. The second kappa shape index (κ2) is 5.86. The first-order valence-electron chi connectivity index (χ1n) is 7.94. The van der Waals surface area contributed by atoms with Gasteiger partial charge in [0, 0.05) is 24.8 Å². The molecule has 1 aromatic carbocycles. The fourth-order valence-corrected chi connectivity index (χ4v) is 3.64. The second-order valence-electron chi connectivity index (χ2n) is 5.94. The van der Waals surface area contributed by atoms with Crippen molar-refractivity contribution in [1.29, 1.82) is 0 Å². The van der Waals surface area contributed by atoms with E-state index in [1.165, 1.54) is 18.4 Å². The lowest BCUT2D eigenvalue weighted by Gasteiger charge is -2.39. The summed E-state index contributed by atoms with van der Waals surface area (Å²) in [6.07, 6.45) is 5.61. The van der Waals surface area contributed by atoms with Crippen molar-refractivity contribution in [3.8, 4) is 0 Å². The number of para-hydroxylation sites is 1. The number of anilines is 1. The van der Waals surface area contributed by atoms with E-state index in [0.717, 1.165) is 38.0 Å². The minimum Gasteiger partial charge on any atom is -0.385 e. The average Bonchev–Trinajstić information content (AvgIpc) is 2.53. The highest BCUT2D eigenvalue weighted by molar-refractivity contribution is 5.86. The molecule has 0 bridgehead atoms. The van der Waals surface area contributed by atoms with Gasteiger partial charge in [-0.15, -0.1) is 0 Å². The molecule has 3 rings (SSSR count). The van der Waals surface area contributed by atoms with Crippen molar-refractivity contribution in [2.24, 2.45) is 0 Å². The Balaban J connectivity index is 1.84. The Morgan fingerprint density at radius 1 is 1.30 bits per heavy atom. The molecule has 0 aromatic heterocycles. The molecule has 1 amide bonds. The maximum Gasteiger partial charge on any atom is 0.230 e. The molecule has 3 nitrogen and oxygen atoms in total. The zero-order valence-electron chi connectivity index (χ0n) is 12.3. The summed E-state index contributed by atoms with van der Waals surface area (Å²) in [5, 5.41) is 3.40. The molecule has 0 radical (unpaired) electrons. The quantitative estimate of drug-likeness (QED) is 0.895. The van der Waals surface area contributed by atoms with Gasteiger partial charge in [0.15, 0.2) is 0 Å². The van der Waals surface area contributed by atoms with Gasteiger partial charge in [-0.25, -0.2) is 0 Å². The predicted octanol–water partition coefficient (Wildman–Crippen LogP) is 3.38. The molecule has 2 unspecified atom stereocenters. The number of carbonyl (C=O) groups is 1. The summed E-state index contributed by atoms with van der Waals surface area (Å²) in [6.45, 7) is 4.05. The van der Waals surface area contributed by atoms with Crippen LogP contribution >= 0.6 is 0 Å². The number of nitrogens with zero attached hydrogens (tertiary/aromatic N) is 1. The summed E-state index contributed by atoms with van der Waals surface area (Å²) in [4.78, 5) is 15.1. The van der Waals surface area contributed by atoms with Crippen LogP contribution < -0.4 is 5.32 Å². The third-order valence-corrected chi connectivity index (χ3v) is 4.76. The van der Waals surface area contributed by atoms with Gasteiger partial charge >= 0.3 is 0 Å². The van der Waals surface area contributed by atoms with Gasteiger partial charge in [0.25, 0.3) is 0 Å². The first-order valence-corrected chi connectivity index (χ1v) is 7.94. The van der Waals surface area contributed by atoms with Gasteiger partial charge < -0.3 is 10.2 Å². The highest BCUT2D eigenvalue weighted by Gasteiger charge is 2.33. The Kier molecular flexibility index (Phi) is 3.95. The van der Waals surface area contributed by atoms with Crippen LogP contribution in [0, 0.1) is 0 Å². The monoisotopic (exact) mass is 272 g/mol. The molecule has 1 N–H and O–H groups in total. The lowest BCUT2D eigenvalue weighted by atomic mass is 9.88. The van der Waals surface area contributed by atoms with Crippen LogP contribution in [0.2, 0.25) is 0 Å². The molecule has 0 aliphatic carbocycles. The number of hydrogen-bond acceptors (Lipinski definition) is 2. The van der Waals surface area contributed by atoms with E-state index in [1.54, 1.807) is 0 Å². The van der Waals surface area contributed by atoms with Gasteiger partial charge in [-0.2, -0.15) is 0 Å². The second-order valence-corrected chi connectivity index (χ2v) is 5.94. The Labute approximate surface area is 121 Å². The van der Waals surface area contributed by atoms with E-state index in [2.05, 4.69) is 29.3 Å². The van der Waals surface area contributed by atoms with Gasteiger partial charge in [0.2, 0.25) is 5.91 Å². The van der Waals surface area contributed by atoms with Crippen LogP contribution in [0.25, 0.3) is 0 Å². The number of nitrogens with one attached hydrogen (secondary N) is 1. The Hall–Kier alpha value is -1.51. The fraction of sp³-hybridized carbons (Fsp3) is 0.588. The number of amides is 1. The van der Waals surface area contributed by atoms with E-state index in [9.17, 15) is 4.79 Å². The molecule has 1 fully saturated rings. The van der Waals surface area contributed by atoms with Gasteiger partial charge in [0.05, 0.1) is 5.92 Å². The van der Waals surface area contributed by atoms with Crippen molar-refractivity contribution in [2.75, 3.05) is 18.4 Å². The zero-order chi connectivity index (χ0) is 13.9. The molecular formula is C17H24N2O. The highest BCUT2D eigenvalue weighted by Crippen LogP contribution is 2.34. The fourth-order valence-electron chi connectivity index (χ4n) is 3.64. The molecule has 1 saturated heterocycles. The van der Waals surface area contributed by atoms with Crippen molar-refractivity contribution in [3.63, 3.8) is 0 Å². The molecule has 1 aromatic rings. The largest absolute Gasteiger partial charge is 0.385 e. The first-order chi connectivity index (χ1) is 9.81. The van der Waals surface area contributed by atoms with Crippen LogP contribution in [-0.4, -0.2) is 29.9 Å². The van der Waals surface area contributed by atoms with Crippen LogP contribution in [-0.2, 0) is 4.79 Å². The molecule has 2 aliphatic heterocycles. The molecule has 20 heavy (non-hydrogen) atoms. The third kappa shape index (κ3) is 2.41. The number of piperidine rings is 1. The zero-order valence-corrected chi connectivity index (χ0v) is 12.3. The maximum atomic E-state index is 13.0. The van der Waals surface area contributed by atoms with Crippen LogP contribution in [0.3, 0.4) is 0 Å². The Bertz CT molecular complexity index is 486. The van der Waals surface area contributed by atoms with Crippen LogP contribution in [0.4, 0.5) is 5.69 Å². The molecule has 3 heteroatoms. The van der Waals surface area contributed by atoms with E-state index < -0.39 is 0 Å². The molecular weight excluding hydrogens is 248 g/mol. The van der Waals surface area contributed by atoms with E-state index in [1.807, 2.05) is 12.1 Å². The molecule has 2 heterocycles. The summed E-state index contributed by atoms with van der Waals surface area (Å²) in [6, 6.07) is 8.73. The molecule has 2 atom stereocenters. The summed E-state index contributed by atoms with van der Waals surface area (Å²) in [5.74, 6) is 0.408. The standard InChI is InChI=1S/C17H24N2O/c1-2-13-7-5-6-12-19(13)17(20)15-10-11-18-16-9-4-3-8-14(15)16/h3-4,8-9,13,15,18H,2,5-7,10-12H2,1H3. The number of fused-ring (bicyclic) bond motifs is 1. The number of likely N-dealkylation sites (tertiary alicyclic amines) is 1. The van der Waals surface area contributed by atoms with E-state index in [0.29, 0.717) is 11.9 Å². The van der Waals surface area contributed by atoms with Gasteiger partial charge in [-0.3, -0.25) is 4.79 Å². The van der Waals surface area contributed by atoms with Crippen LogP contribution in [0.1, 0.15) is 50.5 Å². The lowest BCUT2D eigenvalue weighted by Crippen LogP contribution is -2.46. The third-order valence-electron chi connectivity index (χ3n) is 4.76. The normalized spacial score (nSPS) is 25.8. The molecule has 2 aliphatic rings. The van der Waals surface area contributed by atoms with Gasteiger partial charge in [0.1, 0.15) is 0 Å². The van der Waals surface area contributed by atoms with Crippen LogP contribution in [0.15, 0.2) is 24.3 Å². The summed E-state index contributed by atoms with van der Waals surface area (Å²) in [7, 11) is 0. The smallest absolute Gasteiger partial charge is 0.230 e. The van der Waals surface area contributed by atoms with E-state index in [-0.39, 0.29) is 5.92 Å².